The highest BCUT2D eigenvalue weighted by Gasteiger charge is 2.45. The van der Waals surface area contributed by atoms with E-state index in [0.29, 0.717) is 10.9 Å². The lowest BCUT2D eigenvalue weighted by Gasteiger charge is -2.50. The van der Waals surface area contributed by atoms with Gasteiger partial charge >= 0.3 is 0 Å². The average Bonchev–Trinajstić information content (AvgIpc) is 2.62. The summed E-state index contributed by atoms with van der Waals surface area (Å²) in [6, 6.07) is 3.73. The first-order valence-electron chi connectivity index (χ1n) is 8.50. The maximum Gasteiger partial charge on any atom is 0.213 e. The Bertz CT molecular complexity index is 793. The van der Waals surface area contributed by atoms with Crippen molar-refractivity contribution in [2.45, 2.75) is 44.1 Å². The van der Waals surface area contributed by atoms with E-state index in [-0.39, 0.29) is 11.0 Å². The first-order chi connectivity index (χ1) is 11.5. The van der Waals surface area contributed by atoms with E-state index < -0.39 is 0 Å². The highest BCUT2D eigenvalue weighted by Crippen LogP contribution is 2.52. The van der Waals surface area contributed by atoms with E-state index in [1.54, 1.807) is 13.3 Å². The molecule has 2 bridgehead atoms. The zero-order valence-corrected chi connectivity index (χ0v) is 14.6. The predicted octanol–water partition coefficient (Wildman–Crippen LogP) is 4.36. The Balaban J connectivity index is 1.72. The molecule has 2 aromatic heterocycles. The molecular weight excluding hydrogens is 322 g/mol. The number of methoxy groups -OCH3 is 1. The number of nitrogens with zero attached hydrogens (tertiary/aromatic N) is 2. The maximum absolute atomic E-state index is 6.42. The molecule has 3 aliphatic rings. The summed E-state index contributed by atoms with van der Waals surface area (Å²) in [5, 5.41) is 0.621. The molecule has 0 aromatic carbocycles. The number of fused-ring (bicyclic) bond motifs is 4. The van der Waals surface area contributed by atoms with Crippen molar-refractivity contribution in [2.24, 2.45) is 11.1 Å². The van der Waals surface area contributed by atoms with Gasteiger partial charge in [0.25, 0.3) is 0 Å². The van der Waals surface area contributed by atoms with Crippen LogP contribution in [0.2, 0.25) is 5.02 Å². The summed E-state index contributed by atoms with van der Waals surface area (Å²) in [5.74, 6) is 0.572. The van der Waals surface area contributed by atoms with Crippen LogP contribution in [0.4, 0.5) is 0 Å². The summed E-state index contributed by atoms with van der Waals surface area (Å²) in [4.78, 5) is 8.91. The highest BCUT2D eigenvalue weighted by atomic mass is 35.5. The van der Waals surface area contributed by atoms with Gasteiger partial charge in [0, 0.05) is 23.4 Å². The van der Waals surface area contributed by atoms with Crippen LogP contribution in [0.15, 0.2) is 24.4 Å². The van der Waals surface area contributed by atoms with Gasteiger partial charge in [0.2, 0.25) is 5.88 Å². The molecule has 5 rings (SSSR count). The van der Waals surface area contributed by atoms with Crippen LogP contribution in [0.3, 0.4) is 0 Å². The molecule has 4 nitrogen and oxygen atoms in total. The van der Waals surface area contributed by atoms with Crippen molar-refractivity contribution in [3.8, 4) is 5.88 Å². The van der Waals surface area contributed by atoms with E-state index in [1.165, 1.54) is 0 Å². The van der Waals surface area contributed by atoms with E-state index in [4.69, 9.17) is 22.1 Å². The van der Waals surface area contributed by atoms with Crippen LogP contribution >= 0.6 is 11.6 Å². The molecule has 0 saturated heterocycles. The van der Waals surface area contributed by atoms with Crippen molar-refractivity contribution in [1.29, 1.82) is 0 Å². The topological polar surface area (TPSA) is 61.0 Å². The monoisotopic (exact) mass is 343 g/mol. The Hall–Kier alpha value is -1.65. The zero-order chi connectivity index (χ0) is 16.8. The van der Waals surface area contributed by atoms with Gasteiger partial charge in [0.05, 0.1) is 17.6 Å². The van der Waals surface area contributed by atoms with Crippen LogP contribution in [0.5, 0.6) is 5.88 Å². The molecule has 2 aromatic rings. The third-order valence-corrected chi connectivity index (χ3v) is 6.15. The largest absolute Gasteiger partial charge is 0.481 e. The van der Waals surface area contributed by atoms with Crippen LogP contribution in [-0.2, 0) is 0 Å². The summed E-state index contributed by atoms with van der Waals surface area (Å²) in [7, 11) is 1.61. The van der Waals surface area contributed by atoms with Crippen LogP contribution < -0.4 is 10.5 Å². The molecule has 5 heteroatoms. The van der Waals surface area contributed by atoms with Crippen molar-refractivity contribution >= 4 is 28.7 Å². The smallest absolute Gasteiger partial charge is 0.213 e. The van der Waals surface area contributed by atoms with E-state index in [2.05, 4.69) is 22.1 Å². The van der Waals surface area contributed by atoms with Gasteiger partial charge in [-0.3, -0.25) is 4.98 Å². The molecule has 3 saturated carbocycles. The number of halogens is 1. The molecule has 3 aliphatic carbocycles. The van der Waals surface area contributed by atoms with Gasteiger partial charge in [-0.2, -0.15) is 0 Å². The molecule has 2 N–H and O–H groups in total. The fourth-order valence-electron chi connectivity index (χ4n) is 4.07. The highest BCUT2D eigenvalue weighted by molar-refractivity contribution is 6.32. The number of pyridine rings is 2. The summed E-state index contributed by atoms with van der Waals surface area (Å²) in [6.07, 6.45) is 13.0. The number of hydrogen-bond donors (Lipinski definition) is 1. The van der Waals surface area contributed by atoms with Crippen molar-refractivity contribution in [3.63, 3.8) is 0 Å². The summed E-state index contributed by atoms with van der Waals surface area (Å²) in [5.41, 5.74) is 9.30. The maximum atomic E-state index is 6.42. The van der Waals surface area contributed by atoms with Gasteiger partial charge in [0.1, 0.15) is 5.52 Å². The minimum absolute atomic E-state index is 0.0888. The minimum Gasteiger partial charge on any atom is -0.481 e. The Morgan fingerprint density at radius 2 is 1.88 bits per heavy atom. The lowest BCUT2D eigenvalue weighted by molar-refractivity contribution is 0.0850. The average molecular weight is 344 g/mol. The number of hydrogen-bond acceptors (Lipinski definition) is 4. The Morgan fingerprint density at radius 3 is 2.54 bits per heavy atom. The van der Waals surface area contributed by atoms with Gasteiger partial charge in [-0.1, -0.05) is 23.8 Å². The Labute approximate surface area is 147 Å². The van der Waals surface area contributed by atoms with Crippen molar-refractivity contribution < 1.29 is 4.74 Å². The quantitative estimate of drug-likeness (QED) is 0.899. The van der Waals surface area contributed by atoms with Gasteiger partial charge in [-0.05, 0) is 50.0 Å². The second-order valence-electron chi connectivity index (χ2n) is 7.30. The fourth-order valence-corrected chi connectivity index (χ4v) is 4.27. The molecule has 0 spiro atoms. The molecule has 0 unspecified atom stereocenters. The first kappa shape index (κ1) is 15.9. The van der Waals surface area contributed by atoms with E-state index in [1.807, 2.05) is 12.1 Å². The zero-order valence-electron chi connectivity index (χ0n) is 13.9. The lowest BCUT2D eigenvalue weighted by Crippen LogP contribution is -2.51. The summed E-state index contributed by atoms with van der Waals surface area (Å²) < 4.78 is 5.25. The standard InChI is InChI=1S/C19H22ClN3O/c1-24-16-3-2-15-17(23-16)13(14(20)12-22-15)4-5-18-6-9-19(21,10-7-18)11-8-18/h2-5,12H,6-11,21H2,1H3/b5-4+. The molecule has 0 radical (unpaired) electrons. The Kier molecular flexibility index (Phi) is 3.77. The van der Waals surface area contributed by atoms with Crippen LogP contribution in [0.25, 0.3) is 17.1 Å². The molecular formula is C19H22ClN3O. The van der Waals surface area contributed by atoms with Gasteiger partial charge < -0.3 is 10.5 Å². The van der Waals surface area contributed by atoms with Gasteiger partial charge in [-0.25, -0.2) is 4.98 Å². The second kappa shape index (κ2) is 5.71. The van der Waals surface area contributed by atoms with Crippen LogP contribution in [0.1, 0.15) is 44.1 Å². The molecule has 0 amide bonds. The molecule has 24 heavy (non-hydrogen) atoms. The number of ether oxygens (including phenoxy) is 1. The first-order valence-corrected chi connectivity index (χ1v) is 8.88. The second-order valence-corrected chi connectivity index (χ2v) is 7.71. The summed E-state index contributed by atoms with van der Waals surface area (Å²) >= 11 is 6.42. The van der Waals surface area contributed by atoms with E-state index >= 15 is 0 Å². The third-order valence-electron chi connectivity index (χ3n) is 5.85. The third kappa shape index (κ3) is 2.68. The number of allylic oxidation sites excluding steroid dienone is 1. The SMILES string of the molecule is COc1ccc2ncc(Cl)c(/C=C/C34CCC(N)(CC3)CC4)c2n1. The molecule has 126 valence electrons. The van der Waals surface area contributed by atoms with E-state index in [9.17, 15) is 0 Å². The molecule has 0 atom stereocenters. The Morgan fingerprint density at radius 1 is 1.17 bits per heavy atom. The van der Waals surface area contributed by atoms with E-state index in [0.717, 1.165) is 55.1 Å². The van der Waals surface area contributed by atoms with Crippen LogP contribution in [0, 0.1) is 5.41 Å². The number of nitrogens with two attached hydrogens (primary N) is 1. The fraction of sp³-hybridized carbons (Fsp3) is 0.474. The lowest BCUT2D eigenvalue weighted by atomic mass is 9.57. The van der Waals surface area contributed by atoms with Crippen molar-refractivity contribution in [3.05, 3.63) is 35.0 Å². The predicted molar refractivity (Wildman–Crippen MR) is 97.2 cm³/mol. The molecule has 2 heterocycles. The minimum atomic E-state index is 0.0888. The molecule has 0 aliphatic heterocycles. The summed E-state index contributed by atoms with van der Waals surface area (Å²) in [6.45, 7) is 0. The van der Waals surface area contributed by atoms with Crippen molar-refractivity contribution in [1.82, 2.24) is 9.97 Å². The molecule has 3 fully saturated rings. The number of rotatable bonds is 3. The number of aromatic nitrogens is 2. The van der Waals surface area contributed by atoms with Crippen molar-refractivity contribution in [2.75, 3.05) is 7.11 Å². The normalized spacial score (nSPS) is 29.5. The van der Waals surface area contributed by atoms with Gasteiger partial charge in [0.15, 0.2) is 0 Å². The van der Waals surface area contributed by atoms with Crippen LogP contribution in [-0.4, -0.2) is 22.6 Å². The van der Waals surface area contributed by atoms with Gasteiger partial charge in [-0.15, -0.1) is 0 Å².